The second-order valence-corrected chi connectivity index (χ2v) is 4.58. The molecule has 0 unspecified atom stereocenters. The Hall–Kier alpha value is -2.06. The number of ether oxygens (including phenoxy) is 1. The van der Waals surface area contributed by atoms with Crippen LogP contribution >= 0.6 is 22.9 Å². The molecule has 0 N–H and O–H groups in total. The first kappa shape index (κ1) is 13.4. The predicted molar refractivity (Wildman–Crippen MR) is 65.6 cm³/mol. The first-order valence-electron chi connectivity index (χ1n) is 4.74. The van der Waals surface area contributed by atoms with Crippen LogP contribution in [0, 0.1) is 15.9 Å². The van der Waals surface area contributed by atoms with E-state index in [1.165, 1.54) is 0 Å². The summed E-state index contributed by atoms with van der Waals surface area (Å²) in [6, 6.07) is 2.77. The molecule has 0 saturated heterocycles. The third-order valence-electron chi connectivity index (χ3n) is 2.01. The number of nitrogens with zero attached hydrogens (tertiary/aromatic N) is 2. The minimum Gasteiger partial charge on any atom is -0.423 e. The lowest BCUT2D eigenvalue weighted by atomic mass is 10.3. The fraction of sp³-hybridized carbons (Fsp3) is 0. The fourth-order valence-corrected chi connectivity index (χ4v) is 2.15. The Bertz CT molecular complexity index is 661. The summed E-state index contributed by atoms with van der Waals surface area (Å²) in [7, 11) is 0. The van der Waals surface area contributed by atoms with Crippen molar-refractivity contribution < 1.29 is 18.8 Å². The van der Waals surface area contributed by atoms with Crippen LogP contribution in [0.25, 0.3) is 0 Å². The van der Waals surface area contributed by atoms with Gasteiger partial charge < -0.3 is 4.74 Å². The van der Waals surface area contributed by atoms with E-state index < -0.39 is 16.4 Å². The number of aldehydes is 1. The topological polar surface area (TPSA) is 82.3 Å². The number of halogens is 2. The molecule has 0 amide bonds. The number of carbonyl (C=O) groups excluding carboxylic acids is 1. The highest BCUT2D eigenvalue weighted by Gasteiger charge is 2.19. The molecule has 1 aromatic carbocycles. The van der Waals surface area contributed by atoms with Gasteiger partial charge in [0.15, 0.2) is 11.4 Å². The second-order valence-electron chi connectivity index (χ2n) is 3.22. The van der Waals surface area contributed by atoms with Gasteiger partial charge in [-0.05, 0) is 6.07 Å². The number of rotatable bonds is 4. The molecular formula is C10H4ClFN2O4S. The Morgan fingerprint density at radius 3 is 2.84 bits per heavy atom. The van der Waals surface area contributed by atoms with Gasteiger partial charge in [0.1, 0.15) is 10.7 Å². The molecule has 0 aliphatic heterocycles. The highest BCUT2D eigenvalue weighted by Crippen LogP contribution is 2.35. The molecule has 2 rings (SSSR count). The number of benzene rings is 1. The van der Waals surface area contributed by atoms with E-state index in [4.69, 9.17) is 16.3 Å². The maximum atomic E-state index is 13.1. The number of carbonyl (C=O) groups is 1. The molecule has 98 valence electrons. The van der Waals surface area contributed by atoms with Gasteiger partial charge in [-0.2, -0.15) is 4.98 Å². The Kier molecular flexibility index (Phi) is 3.72. The van der Waals surface area contributed by atoms with Gasteiger partial charge in [0, 0.05) is 12.1 Å². The summed E-state index contributed by atoms with van der Waals surface area (Å²) in [5.41, 5.74) is -0.416. The summed E-state index contributed by atoms with van der Waals surface area (Å²) >= 11 is 6.43. The zero-order chi connectivity index (χ0) is 14.0. The molecule has 0 spiro atoms. The standard InChI is InChI=1S/C10H4ClFN2O4S/c11-9-8(4-15)19-10(13-9)18-7-3-5(12)1-2-6(7)14(16)17/h1-4H. The van der Waals surface area contributed by atoms with E-state index in [1.807, 2.05) is 0 Å². The predicted octanol–water partition coefficient (Wildman–Crippen LogP) is 3.45. The number of thiazole rings is 1. The molecular weight excluding hydrogens is 299 g/mol. The summed E-state index contributed by atoms with van der Waals surface area (Å²) in [6.45, 7) is 0. The Labute approximate surface area is 114 Å². The first-order chi connectivity index (χ1) is 9.01. The van der Waals surface area contributed by atoms with E-state index in [0.29, 0.717) is 6.29 Å². The number of hydrogen-bond donors (Lipinski definition) is 0. The molecule has 0 bridgehead atoms. The van der Waals surface area contributed by atoms with Crippen molar-refractivity contribution in [3.63, 3.8) is 0 Å². The summed E-state index contributed by atoms with van der Waals surface area (Å²) in [4.78, 5) is 24.4. The third kappa shape index (κ3) is 2.85. The van der Waals surface area contributed by atoms with Crippen LogP contribution in [0.5, 0.6) is 10.9 Å². The maximum Gasteiger partial charge on any atom is 0.311 e. The lowest BCUT2D eigenvalue weighted by molar-refractivity contribution is -0.385. The molecule has 0 radical (unpaired) electrons. The SMILES string of the molecule is O=Cc1sc(Oc2cc(F)ccc2[N+](=O)[O-])nc1Cl. The summed E-state index contributed by atoms with van der Waals surface area (Å²) in [5.74, 6) is -1.01. The minimum absolute atomic E-state index is 0.0749. The lowest BCUT2D eigenvalue weighted by Crippen LogP contribution is -1.94. The maximum absolute atomic E-state index is 13.1. The molecule has 0 aliphatic rings. The Morgan fingerprint density at radius 2 is 2.26 bits per heavy atom. The van der Waals surface area contributed by atoms with Crippen LogP contribution in [-0.2, 0) is 0 Å². The van der Waals surface area contributed by atoms with Gasteiger partial charge in [0.25, 0.3) is 5.19 Å². The fourth-order valence-electron chi connectivity index (χ4n) is 1.23. The van der Waals surface area contributed by atoms with Crippen molar-refractivity contribution in [3.05, 3.63) is 44.2 Å². The minimum atomic E-state index is -0.718. The van der Waals surface area contributed by atoms with Crippen molar-refractivity contribution in [2.45, 2.75) is 0 Å². The van der Waals surface area contributed by atoms with Crippen LogP contribution in [-0.4, -0.2) is 16.2 Å². The molecule has 2 aromatic rings. The van der Waals surface area contributed by atoms with E-state index in [0.717, 1.165) is 29.5 Å². The molecule has 9 heteroatoms. The number of hydrogen-bond acceptors (Lipinski definition) is 6. The van der Waals surface area contributed by atoms with Crippen LogP contribution in [0.2, 0.25) is 5.15 Å². The van der Waals surface area contributed by atoms with E-state index in [9.17, 15) is 19.3 Å². The lowest BCUT2D eigenvalue weighted by Gasteiger charge is -2.02. The van der Waals surface area contributed by atoms with Crippen LogP contribution in [0.3, 0.4) is 0 Å². The van der Waals surface area contributed by atoms with Gasteiger partial charge in [-0.1, -0.05) is 22.9 Å². The smallest absolute Gasteiger partial charge is 0.311 e. The molecule has 0 atom stereocenters. The number of aromatic nitrogens is 1. The molecule has 6 nitrogen and oxygen atoms in total. The molecule has 19 heavy (non-hydrogen) atoms. The highest BCUT2D eigenvalue weighted by atomic mass is 35.5. The highest BCUT2D eigenvalue weighted by molar-refractivity contribution is 7.15. The van der Waals surface area contributed by atoms with Crippen molar-refractivity contribution in [1.29, 1.82) is 0 Å². The van der Waals surface area contributed by atoms with E-state index in [1.54, 1.807) is 0 Å². The quantitative estimate of drug-likeness (QED) is 0.491. The van der Waals surface area contributed by atoms with Crippen molar-refractivity contribution >= 4 is 34.9 Å². The van der Waals surface area contributed by atoms with Gasteiger partial charge in [-0.3, -0.25) is 14.9 Å². The van der Waals surface area contributed by atoms with Gasteiger partial charge in [-0.25, -0.2) is 4.39 Å². The summed E-state index contributed by atoms with van der Waals surface area (Å²) in [6.07, 6.45) is 0.479. The van der Waals surface area contributed by atoms with Crippen molar-refractivity contribution in [2.24, 2.45) is 0 Å². The zero-order valence-electron chi connectivity index (χ0n) is 9.00. The first-order valence-corrected chi connectivity index (χ1v) is 5.94. The van der Waals surface area contributed by atoms with Gasteiger partial charge in [-0.15, -0.1) is 0 Å². The van der Waals surface area contributed by atoms with Crippen LogP contribution < -0.4 is 4.74 Å². The van der Waals surface area contributed by atoms with E-state index in [-0.39, 0.29) is 21.0 Å². The summed E-state index contributed by atoms with van der Waals surface area (Å²) < 4.78 is 18.2. The largest absolute Gasteiger partial charge is 0.423 e. The average molecular weight is 303 g/mol. The van der Waals surface area contributed by atoms with Crippen molar-refractivity contribution in [3.8, 4) is 10.9 Å². The third-order valence-corrected chi connectivity index (χ3v) is 3.27. The monoisotopic (exact) mass is 302 g/mol. The average Bonchev–Trinajstić information content (AvgIpc) is 2.69. The molecule has 1 aromatic heterocycles. The van der Waals surface area contributed by atoms with Crippen LogP contribution in [0.1, 0.15) is 9.67 Å². The zero-order valence-corrected chi connectivity index (χ0v) is 10.6. The van der Waals surface area contributed by atoms with Crippen molar-refractivity contribution in [2.75, 3.05) is 0 Å². The normalized spacial score (nSPS) is 10.2. The van der Waals surface area contributed by atoms with Crippen molar-refractivity contribution in [1.82, 2.24) is 4.98 Å². The summed E-state index contributed by atoms with van der Waals surface area (Å²) in [5, 5.41) is 10.6. The van der Waals surface area contributed by atoms with Crippen LogP contribution in [0.4, 0.5) is 10.1 Å². The molecule has 0 saturated carbocycles. The molecule has 0 aliphatic carbocycles. The Morgan fingerprint density at radius 1 is 1.53 bits per heavy atom. The molecule has 0 fully saturated rings. The van der Waals surface area contributed by atoms with E-state index in [2.05, 4.69) is 4.98 Å². The van der Waals surface area contributed by atoms with Crippen LogP contribution in [0.15, 0.2) is 18.2 Å². The van der Waals surface area contributed by atoms with Gasteiger partial charge in [0.2, 0.25) is 5.75 Å². The van der Waals surface area contributed by atoms with E-state index >= 15 is 0 Å². The number of nitro benzene ring substituents is 1. The van der Waals surface area contributed by atoms with Gasteiger partial charge >= 0.3 is 5.69 Å². The Balaban J connectivity index is 2.39. The van der Waals surface area contributed by atoms with Gasteiger partial charge in [0.05, 0.1) is 4.92 Å². The number of nitro groups is 1. The molecule has 1 heterocycles. The second kappa shape index (κ2) is 5.29.